The topological polar surface area (TPSA) is 59.8 Å². The van der Waals surface area contributed by atoms with Crippen LogP contribution in [-0.4, -0.2) is 26.4 Å². The maximum atomic E-state index is 12.2. The molecule has 7 heteroatoms. The molecule has 0 saturated heterocycles. The molecule has 2 aromatic rings. The van der Waals surface area contributed by atoms with Crippen LogP contribution in [0.2, 0.25) is 5.02 Å². The summed E-state index contributed by atoms with van der Waals surface area (Å²) in [4.78, 5) is 12.2. The van der Waals surface area contributed by atoms with E-state index in [1.165, 1.54) is 11.8 Å². The quantitative estimate of drug-likeness (QED) is 0.732. The highest BCUT2D eigenvalue weighted by Gasteiger charge is 2.16. The Morgan fingerprint density at radius 3 is 2.75 bits per heavy atom. The molecule has 130 valence electrons. The number of thioether (sulfide) groups is 1. The minimum Gasteiger partial charge on any atom is -0.325 e. The van der Waals surface area contributed by atoms with Crippen molar-refractivity contribution in [1.82, 2.24) is 14.8 Å². The lowest BCUT2D eigenvalue weighted by molar-refractivity contribution is -0.113. The lowest BCUT2D eigenvalue weighted by Crippen LogP contribution is -2.15. The van der Waals surface area contributed by atoms with Gasteiger partial charge in [0.15, 0.2) is 5.16 Å². The van der Waals surface area contributed by atoms with E-state index in [9.17, 15) is 4.79 Å². The van der Waals surface area contributed by atoms with Gasteiger partial charge in [0.1, 0.15) is 5.82 Å². The minimum atomic E-state index is -0.0861. The summed E-state index contributed by atoms with van der Waals surface area (Å²) in [5.74, 6) is 1.47. The number of nitrogens with zero attached hydrogens (tertiary/aromatic N) is 3. The lowest BCUT2D eigenvalue weighted by Gasteiger charge is -2.11. The highest BCUT2D eigenvalue weighted by Crippen LogP contribution is 2.23. The third kappa shape index (κ3) is 4.74. The molecular weight excluding hydrogens is 344 g/mol. The van der Waals surface area contributed by atoms with Gasteiger partial charge in [0, 0.05) is 23.2 Å². The second kappa shape index (κ2) is 8.53. The monoisotopic (exact) mass is 366 g/mol. The van der Waals surface area contributed by atoms with Crippen LogP contribution in [0.5, 0.6) is 0 Å². The number of carbonyl (C=O) groups excluding carboxylic acids is 1. The number of hydrogen-bond donors (Lipinski definition) is 1. The number of halogens is 1. The average molecular weight is 367 g/mol. The number of rotatable bonds is 7. The Morgan fingerprint density at radius 1 is 1.38 bits per heavy atom. The maximum Gasteiger partial charge on any atom is 0.234 e. The van der Waals surface area contributed by atoms with E-state index in [0.717, 1.165) is 29.5 Å². The molecule has 0 atom stereocenters. The van der Waals surface area contributed by atoms with E-state index < -0.39 is 0 Å². The Kier molecular flexibility index (Phi) is 6.69. The Labute approximate surface area is 152 Å². The first kappa shape index (κ1) is 18.8. The number of benzene rings is 1. The highest BCUT2D eigenvalue weighted by atomic mass is 35.5. The van der Waals surface area contributed by atoms with Crippen LogP contribution in [0.1, 0.15) is 44.5 Å². The summed E-state index contributed by atoms with van der Waals surface area (Å²) in [5, 5.41) is 12.8. The molecule has 0 aliphatic heterocycles. The van der Waals surface area contributed by atoms with Crippen LogP contribution in [0.25, 0.3) is 0 Å². The molecule has 0 saturated carbocycles. The van der Waals surface area contributed by atoms with Gasteiger partial charge in [0.2, 0.25) is 5.91 Å². The van der Waals surface area contributed by atoms with Crippen LogP contribution >= 0.6 is 23.4 Å². The van der Waals surface area contributed by atoms with Gasteiger partial charge in [-0.25, -0.2) is 0 Å². The Hall–Kier alpha value is -1.53. The fraction of sp³-hybridized carbons (Fsp3) is 0.471. The molecule has 0 unspecified atom stereocenters. The molecular formula is C17H23ClN4OS. The first-order valence-electron chi connectivity index (χ1n) is 8.04. The third-order valence-corrected chi connectivity index (χ3v) is 4.87. The molecule has 0 spiro atoms. The molecule has 1 amide bonds. The standard InChI is InChI=1S/C17H23ClN4OS/c1-5-8-22-16(11(2)3)20-21-17(22)24-10-15(23)19-13-7-6-12(4)14(18)9-13/h6-7,9,11H,5,8,10H2,1-4H3,(H,19,23). The lowest BCUT2D eigenvalue weighted by atomic mass is 10.2. The molecule has 1 N–H and O–H groups in total. The largest absolute Gasteiger partial charge is 0.325 e. The van der Waals surface area contributed by atoms with Crippen molar-refractivity contribution >= 4 is 35.0 Å². The van der Waals surface area contributed by atoms with Crippen LogP contribution in [-0.2, 0) is 11.3 Å². The van der Waals surface area contributed by atoms with Crippen molar-refractivity contribution in [1.29, 1.82) is 0 Å². The van der Waals surface area contributed by atoms with Gasteiger partial charge in [-0.15, -0.1) is 10.2 Å². The predicted octanol–water partition coefficient (Wildman–Crippen LogP) is 4.50. The van der Waals surface area contributed by atoms with Crippen molar-refractivity contribution in [2.75, 3.05) is 11.1 Å². The summed E-state index contributed by atoms with van der Waals surface area (Å²) in [7, 11) is 0. The SMILES string of the molecule is CCCn1c(SCC(=O)Nc2ccc(C)c(Cl)c2)nnc1C(C)C. The Balaban J connectivity index is 1.99. The zero-order valence-corrected chi connectivity index (χ0v) is 16.0. The van der Waals surface area contributed by atoms with Crippen LogP contribution < -0.4 is 5.32 Å². The van der Waals surface area contributed by atoms with E-state index in [-0.39, 0.29) is 11.7 Å². The number of carbonyl (C=O) groups is 1. The highest BCUT2D eigenvalue weighted by molar-refractivity contribution is 7.99. The van der Waals surface area contributed by atoms with E-state index >= 15 is 0 Å². The van der Waals surface area contributed by atoms with Crippen molar-refractivity contribution in [2.45, 2.75) is 51.7 Å². The van der Waals surface area contributed by atoms with Gasteiger partial charge in [-0.05, 0) is 31.0 Å². The van der Waals surface area contributed by atoms with Gasteiger partial charge in [-0.2, -0.15) is 0 Å². The van der Waals surface area contributed by atoms with Crippen molar-refractivity contribution in [3.8, 4) is 0 Å². The molecule has 0 bridgehead atoms. The average Bonchev–Trinajstić information content (AvgIpc) is 2.92. The normalized spacial score (nSPS) is 11.1. The Morgan fingerprint density at radius 2 is 2.12 bits per heavy atom. The fourth-order valence-electron chi connectivity index (χ4n) is 2.27. The molecule has 0 radical (unpaired) electrons. The van der Waals surface area contributed by atoms with Crippen molar-refractivity contribution in [3.05, 3.63) is 34.6 Å². The fourth-order valence-corrected chi connectivity index (χ4v) is 3.22. The minimum absolute atomic E-state index is 0.0861. The molecule has 24 heavy (non-hydrogen) atoms. The van der Waals surface area contributed by atoms with Gasteiger partial charge in [-0.3, -0.25) is 4.79 Å². The number of hydrogen-bond acceptors (Lipinski definition) is 4. The summed E-state index contributed by atoms with van der Waals surface area (Å²) in [6.07, 6.45) is 0.999. The zero-order chi connectivity index (χ0) is 17.7. The number of aromatic nitrogens is 3. The molecule has 1 aromatic carbocycles. The molecule has 1 heterocycles. The summed E-state index contributed by atoms with van der Waals surface area (Å²) in [6.45, 7) is 9.10. The number of anilines is 1. The Bertz CT molecular complexity index is 715. The van der Waals surface area contributed by atoms with E-state index in [2.05, 4.69) is 40.9 Å². The maximum absolute atomic E-state index is 12.2. The molecule has 2 rings (SSSR count). The van der Waals surface area contributed by atoms with E-state index in [0.29, 0.717) is 16.6 Å². The van der Waals surface area contributed by atoms with Crippen LogP contribution in [0.4, 0.5) is 5.69 Å². The van der Waals surface area contributed by atoms with Crippen LogP contribution in [0.3, 0.4) is 0 Å². The van der Waals surface area contributed by atoms with Gasteiger partial charge in [0.05, 0.1) is 5.75 Å². The van der Waals surface area contributed by atoms with Gasteiger partial charge < -0.3 is 9.88 Å². The molecule has 1 aromatic heterocycles. The first-order chi connectivity index (χ1) is 11.4. The van der Waals surface area contributed by atoms with E-state index in [1.807, 2.05) is 19.1 Å². The van der Waals surface area contributed by atoms with E-state index in [1.54, 1.807) is 6.07 Å². The molecule has 0 aliphatic carbocycles. The smallest absolute Gasteiger partial charge is 0.234 e. The zero-order valence-electron chi connectivity index (χ0n) is 14.5. The van der Waals surface area contributed by atoms with Crippen molar-refractivity contribution in [3.63, 3.8) is 0 Å². The van der Waals surface area contributed by atoms with Crippen molar-refractivity contribution < 1.29 is 4.79 Å². The number of nitrogens with one attached hydrogen (secondary N) is 1. The van der Waals surface area contributed by atoms with Gasteiger partial charge in [-0.1, -0.05) is 50.2 Å². The molecule has 5 nitrogen and oxygen atoms in total. The molecule has 0 fully saturated rings. The van der Waals surface area contributed by atoms with Crippen LogP contribution in [0, 0.1) is 6.92 Å². The van der Waals surface area contributed by atoms with Crippen molar-refractivity contribution in [2.24, 2.45) is 0 Å². The van der Waals surface area contributed by atoms with Crippen LogP contribution in [0.15, 0.2) is 23.4 Å². The van der Waals surface area contributed by atoms with Gasteiger partial charge >= 0.3 is 0 Å². The first-order valence-corrected chi connectivity index (χ1v) is 9.40. The number of amides is 1. The van der Waals surface area contributed by atoms with Gasteiger partial charge in [0.25, 0.3) is 0 Å². The second-order valence-corrected chi connectivity index (χ2v) is 7.30. The summed E-state index contributed by atoms with van der Waals surface area (Å²) < 4.78 is 2.10. The summed E-state index contributed by atoms with van der Waals surface area (Å²) in [6, 6.07) is 5.49. The molecule has 0 aliphatic rings. The number of aryl methyl sites for hydroxylation is 1. The third-order valence-electron chi connectivity index (χ3n) is 3.50. The summed E-state index contributed by atoms with van der Waals surface area (Å²) in [5.41, 5.74) is 1.69. The predicted molar refractivity (Wildman–Crippen MR) is 99.9 cm³/mol. The second-order valence-electron chi connectivity index (χ2n) is 5.95. The van der Waals surface area contributed by atoms with E-state index in [4.69, 9.17) is 11.6 Å². The summed E-state index contributed by atoms with van der Waals surface area (Å²) >= 11 is 7.48.